The Hall–Kier alpha value is -0.610. The summed E-state index contributed by atoms with van der Waals surface area (Å²) in [5, 5.41) is 13.1. The zero-order valence-corrected chi connectivity index (χ0v) is 14.4. The molecule has 0 heterocycles. The molecule has 4 heteroatoms. The van der Waals surface area contributed by atoms with Crippen molar-refractivity contribution in [2.45, 2.75) is 51.9 Å². The van der Waals surface area contributed by atoms with E-state index in [1.54, 1.807) is 0 Å². The lowest BCUT2D eigenvalue weighted by atomic mass is 9.78. The predicted molar refractivity (Wildman–Crippen MR) is 89.9 cm³/mol. The number of hydrogen-bond acceptors (Lipinski definition) is 2. The molecular formula is C18H29ClNO2+. The van der Waals surface area contributed by atoms with E-state index < -0.39 is 6.10 Å². The highest BCUT2D eigenvalue weighted by Gasteiger charge is 2.29. The van der Waals surface area contributed by atoms with Gasteiger partial charge < -0.3 is 15.2 Å². The van der Waals surface area contributed by atoms with Crippen molar-refractivity contribution in [2.75, 3.05) is 13.2 Å². The number of halogens is 1. The highest BCUT2D eigenvalue weighted by Crippen LogP contribution is 2.27. The summed E-state index contributed by atoms with van der Waals surface area (Å²) in [4.78, 5) is 0. The van der Waals surface area contributed by atoms with Gasteiger partial charge in [-0.25, -0.2) is 0 Å². The number of hydrogen-bond donors (Lipinski definition) is 2. The standard InChI is InChI=1S/C18H28ClNO2/c1-13-6-5-9-18(14(13)2)20-10-16(21)12-22-11-15-7-3-4-8-17(15)19/h3-4,7-8,13-14,16,18,20-21H,5-6,9-12H2,1-2H3/p+1/t13-,14-,16+,18+/m1/s1. The van der Waals surface area contributed by atoms with Crippen LogP contribution in [0.25, 0.3) is 0 Å². The van der Waals surface area contributed by atoms with Crippen LogP contribution in [0.15, 0.2) is 24.3 Å². The molecule has 1 saturated carbocycles. The van der Waals surface area contributed by atoms with Crippen molar-refractivity contribution in [3.8, 4) is 0 Å². The Kier molecular flexibility index (Phi) is 7.16. The fraction of sp³-hybridized carbons (Fsp3) is 0.667. The molecule has 124 valence electrons. The Morgan fingerprint density at radius 2 is 2.09 bits per heavy atom. The Labute approximate surface area is 139 Å². The molecule has 1 fully saturated rings. The van der Waals surface area contributed by atoms with E-state index >= 15 is 0 Å². The van der Waals surface area contributed by atoms with Crippen molar-refractivity contribution in [3.63, 3.8) is 0 Å². The molecule has 0 aliphatic heterocycles. The Morgan fingerprint density at radius 1 is 1.32 bits per heavy atom. The van der Waals surface area contributed by atoms with Gasteiger partial charge in [0.15, 0.2) is 0 Å². The van der Waals surface area contributed by atoms with Crippen molar-refractivity contribution < 1.29 is 15.2 Å². The molecule has 0 bridgehead atoms. The number of aliphatic hydroxyl groups excluding tert-OH is 1. The lowest BCUT2D eigenvalue weighted by Crippen LogP contribution is -2.93. The van der Waals surface area contributed by atoms with Gasteiger partial charge in [-0.1, -0.05) is 43.6 Å². The average Bonchev–Trinajstić information content (AvgIpc) is 2.51. The molecule has 1 aliphatic rings. The van der Waals surface area contributed by atoms with Crippen LogP contribution >= 0.6 is 11.6 Å². The fourth-order valence-electron chi connectivity index (χ4n) is 3.28. The highest BCUT2D eigenvalue weighted by atomic mass is 35.5. The third-order valence-corrected chi connectivity index (χ3v) is 5.38. The lowest BCUT2D eigenvalue weighted by molar-refractivity contribution is -0.704. The summed E-state index contributed by atoms with van der Waals surface area (Å²) in [6, 6.07) is 8.30. The van der Waals surface area contributed by atoms with Gasteiger partial charge in [0, 0.05) is 10.9 Å². The number of rotatable bonds is 7. The van der Waals surface area contributed by atoms with Crippen LogP contribution < -0.4 is 5.32 Å². The number of nitrogens with two attached hydrogens (primary N) is 1. The molecule has 4 atom stereocenters. The van der Waals surface area contributed by atoms with Crippen molar-refractivity contribution in [1.82, 2.24) is 0 Å². The van der Waals surface area contributed by atoms with E-state index in [9.17, 15) is 5.11 Å². The summed E-state index contributed by atoms with van der Waals surface area (Å²) in [7, 11) is 0. The maximum atomic E-state index is 10.1. The molecule has 0 amide bonds. The summed E-state index contributed by atoms with van der Waals surface area (Å²) in [5.41, 5.74) is 0.968. The first kappa shape index (κ1) is 17.7. The topological polar surface area (TPSA) is 46.1 Å². The van der Waals surface area contributed by atoms with Crippen LogP contribution in [0.4, 0.5) is 0 Å². The second-order valence-electron chi connectivity index (χ2n) is 6.66. The highest BCUT2D eigenvalue weighted by molar-refractivity contribution is 6.31. The van der Waals surface area contributed by atoms with Crippen LogP contribution in [0.3, 0.4) is 0 Å². The van der Waals surface area contributed by atoms with Gasteiger partial charge in [-0.3, -0.25) is 0 Å². The van der Waals surface area contributed by atoms with Crippen molar-refractivity contribution in [1.29, 1.82) is 0 Å². The van der Waals surface area contributed by atoms with E-state index in [0.29, 0.717) is 30.8 Å². The van der Waals surface area contributed by atoms with Gasteiger partial charge in [0.05, 0.1) is 19.3 Å². The zero-order chi connectivity index (χ0) is 15.9. The molecule has 1 aromatic carbocycles. The Bertz CT molecular complexity index is 454. The number of benzene rings is 1. The third kappa shape index (κ3) is 5.24. The first-order chi connectivity index (χ1) is 10.6. The van der Waals surface area contributed by atoms with Crippen molar-refractivity contribution in [3.05, 3.63) is 34.9 Å². The second kappa shape index (κ2) is 8.88. The minimum Gasteiger partial charge on any atom is -0.385 e. The van der Waals surface area contributed by atoms with E-state index in [2.05, 4.69) is 19.2 Å². The smallest absolute Gasteiger partial charge is 0.126 e. The van der Waals surface area contributed by atoms with E-state index in [0.717, 1.165) is 17.4 Å². The minimum atomic E-state index is -0.424. The van der Waals surface area contributed by atoms with Gasteiger partial charge in [-0.15, -0.1) is 0 Å². The first-order valence-electron chi connectivity index (χ1n) is 8.40. The minimum absolute atomic E-state index is 0.360. The van der Waals surface area contributed by atoms with Gasteiger partial charge in [-0.2, -0.15) is 0 Å². The van der Waals surface area contributed by atoms with Crippen LogP contribution in [0, 0.1) is 11.8 Å². The van der Waals surface area contributed by atoms with Crippen LogP contribution in [0.2, 0.25) is 5.02 Å². The number of quaternary nitrogens is 1. The summed E-state index contributed by atoms with van der Waals surface area (Å²) in [6.45, 7) is 6.20. The Morgan fingerprint density at radius 3 is 2.86 bits per heavy atom. The number of aliphatic hydroxyl groups is 1. The summed E-state index contributed by atoms with van der Waals surface area (Å²) in [5.74, 6) is 1.52. The van der Waals surface area contributed by atoms with E-state index in [-0.39, 0.29) is 0 Å². The van der Waals surface area contributed by atoms with Crippen LogP contribution in [-0.4, -0.2) is 30.4 Å². The molecule has 1 aromatic rings. The lowest BCUT2D eigenvalue weighted by Gasteiger charge is -2.32. The first-order valence-corrected chi connectivity index (χ1v) is 8.78. The molecule has 0 spiro atoms. The maximum absolute atomic E-state index is 10.1. The largest absolute Gasteiger partial charge is 0.385 e. The van der Waals surface area contributed by atoms with E-state index in [4.69, 9.17) is 16.3 Å². The quantitative estimate of drug-likeness (QED) is 0.809. The zero-order valence-electron chi connectivity index (χ0n) is 13.7. The molecule has 2 rings (SSSR count). The molecule has 3 N–H and O–H groups in total. The van der Waals surface area contributed by atoms with Crippen LogP contribution in [-0.2, 0) is 11.3 Å². The van der Waals surface area contributed by atoms with Gasteiger partial charge >= 0.3 is 0 Å². The maximum Gasteiger partial charge on any atom is 0.126 e. The molecule has 0 unspecified atom stereocenters. The van der Waals surface area contributed by atoms with E-state index in [1.165, 1.54) is 19.3 Å². The molecular weight excluding hydrogens is 298 g/mol. The SMILES string of the molecule is C[C@@H]1[C@H](C)CCC[C@@H]1[NH2+]C[C@H](O)COCc1ccccc1Cl. The molecule has 0 aromatic heterocycles. The molecule has 0 saturated heterocycles. The third-order valence-electron chi connectivity index (χ3n) is 5.01. The summed E-state index contributed by atoms with van der Waals surface area (Å²) < 4.78 is 5.60. The fourth-order valence-corrected chi connectivity index (χ4v) is 3.47. The van der Waals surface area contributed by atoms with Gasteiger partial charge in [0.2, 0.25) is 0 Å². The van der Waals surface area contributed by atoms with Crippen LogP contribution in [0.1, 0.15) is 38.7 Å². The number of ether oxygens (including phenoxy) is 1. The summed E-state index contributed by atoms with van der Waals surface area (Å²) >= 11 is 6.08. The van der Waals surface area contributed by atoms with Crippen LogP contribution in [0.5, 0.6) is 0 Å². The summed E-state index contributed by atoms with van der Waals surface area (Å²) in [6.07, 6.45) is 3.49. The van der Waals surface area contributed by atoms with E-state index in [1.807, 2.05) is 24.3 Å². The monoisotopic (exact) mass is 326 g/mol. The Balaban J connectivity index is 1.66. The van der Waals surface area contributed by atoms with Crippen molar-refractivity contribution in [2.24, 2.45) is 11.8 Å². The molecule has 0 radical (unpaired) electrons. The normalized spacial score (nSPS) is 26.8. The second-order valence-corrected chi connectivity index (χ2v) is 7.07. The molecule has 1 aliphatic carbocycles. The van der Waals surface area contributed by atoms with Gasteiger partial charge in [-0.05, 0) is 36.8 Å². The van der Waals surface area contributed by atoms with Gasteiger partial charge in [0.1, 0.15) is 12.6 Å². The van der Waals surface area contributed by atoms with Gasteiger partial charge in [0.25, 0.3) is 0 Å². The molecule has 22 heavy (non-hydrogen) atoms. The van der Waals surface area contributed by atoms with Crippen molar-refractivity contribution >= 4 is 11.6 Å². The molecule has 3 nitrogen and oxygen atoms in total. The average molecular weight is 327 g/mol. The predicted octanol–water partition coefficient (Wildman–Crippen LogP) is 2.61.